The first-order chi connectivity index (χ1) is 8.38. The van der Waals surface area contributed by atoms with Gasteiger partial charge in [0.05, 0.1) is 12.0 Å². The second-order valence-electron chi connectivity index (χ2n) is 5.22. The summed E-state index contributed by atoms with van der Waals surface area (Å²) in [6.07, 6.45) is 6.23. The molecule has 3 rings (SSSR count). The van der Waals surface area contributed by atoms with E-state index in [9.17, 15) is 5.26 Å². The fourth-order valence-electron chi connectivity index (χ4n) is 2.99. The number of rotatable bonds is 4. The highest BCUT2D eigenvalue weighted by molar-refractivity contribution is 7.09. The van der Waals surface area contributed by atoms with E-state index in [0.29, 0.717) is 6.04 Å². The third kappa shape index (κ3) is 2.38. The summed E-state index contributed by atoms with van der Waals surface area (Å²) < 4.78 is 0. The highest BCUT2D eigenvalue weighted by Crippen LogP contribution is 2.38. The van der Waals surface area contributed by atoms with Crippen molar-refractivity contribution in [2.45, 2.75) is 50.7 Å². The lowest BCUT2D eigenvalue weighted by Gasteiger charge is -2.30. The molecule has 2 aliphatic rings. The van der Waals surface area contributed by atoms with Crippen LogP contribution < -0.4 is 0 Å². The lowest BCUT2D eigenvalue weighted by atomic mass is 10.0. The highest BCUT2D eigenvalue weighted by atomic mass is 32.1. The minimum atomic E-state index is 0.274. The molecule has 0 saturated heterocycles. The van der Waals surface area contributed by atoms with Gasteiger partial charge in [0.25, 0.3) is 0 Å². The lowest BCUT2D eigenvalue weighted by Crippen LogP contribution is -2.38. The van der Waals surface area contributed by atoms with Crippen LogP contribution in [-0.2, 0) is 6.54 Å². The summed E-state index contributed by atoms with van der Waals surface area (Å²) in [6.45, 7) is 1.06. The number of hydrogen-bond donors (Lipinski definition) is 0. The van der Waals surface area contributed by atoms with Gasteiger partial charge in [0.1, 0.15) is 0 Å². The van der Waals surface area contributed by atoms with Gasteiger partial charge in [-0.05, 0) is 37.1 Å². The Morgan fingerprint density at radius 1 is 1.35 bits per heavy atom. The molecule has 2 fully saturated rings. The van der Waals surface area contributed by atoms with Gasteiger partial charge in [-0.3, -0.25) is 4.90 Å². The normalized spacial score (nSPS) is 28.5. The molecule has 2 atom stereocenters. The quantitative estimate of drug-likeness (QED) is 0.814. The van der Waals surface area contributed by atoms with Crippen molar-refractivity contribution >= 4 is 11.3 Å². The first-order valence-electron chi connectivity index (χ1n) is 6.56. The second kappa shape index (κ2) is 4.80. The summed E-state index contributed by atoms with van der Waals surface area (Å²) in [5.74, 6) is 0.274. The van der Waals surface area contributed by atoms with Gasteiger partial charge in [-0.2, -0.15) is 5.26 Å². The topological polar surface area (TPSA) is 27.0 Å². The standard InChI is InChI=1S/C14H18N2S/c15-9-11-3-1-5-14(11)16(12-6-7-12)10-13-4-2-8-17-13/h2,4,8,11-12,14H,1,3,5-7,10H2. The minimum absolute atomic E-state index is 0.274. The van der Waals surface area contributed by atoms with Crippen LogP contribution in [0.25, 0.3) is 0 Å². The Bertz CT molecular complexity index is 402. The fraction of sp³-hybridized carbons (Fsp3) is 0.643. The molecular formula is C14H18N2S. The van der Waals surface area contributed by atoms with Gasteiger partial charge < -0.3 is 0 Å². The van der Waals surface area contributed by atoms with Crippen molar-refractivity contribution in [2.75, 3.05) is 0 Å². The molecule has 0 radical (unpaired) electrons. The van der Waals surface area contributed by atoms with Crippen LogP contribution in [0.2, 0.25) is 0 Å². The number of nitrogens with zero attached hydrogens (tertiary/aromatic N) is 2. The molecule has 0 amide bonds. The molecule has 1 aromatic rings. The molecule has 2 saturated carbocycles. The largest absolute Gasteiger partial charge is 0.291 e. The summed E-state index contributed by atoms with van der Waals surface area (Å²) in [5.41, 5.74) is 0. The molecule has 3 heteroatoms. The van der Waals surface area contributed by atoms with Crippen molar-refractivity contribution in [3.8, 4) is 6.07 Å². The number of nitriles is 1. The van der Waals surface area contributed by atoms with Crippen molar-refractivity contribution in [1.29, 1.82) is 5.26 Å². The van der Waals surface area contributed by atoms with Crippen LogP contribution >= 0.6 is 11.3 Å². The Balaban J connectivity index is 1.73. The molecule has 1 aromatic heterocycles. The smallest absolute Gasteiger partial charge is 0.0672 e. The van der Waals surface area contributed by atoms with E-state index in [0.717, 1.165) is 19.0 Å². The van der Waals surface area contributed by atoms with Crippen LogP contribution in [0.1, 0.15) is 37.0 Å². The summed E-state index contributed by atoms with van der Waals surface area (Å²) in [4.78, 5) is 4.06. The highest BCUT2D eigenvalue weighted by Gasteiger charge is 2.39. The molecule has 0 aromatic carbocycles. The zero-order valence-electron chi connectivity index (χ0n) is 10.0. The third-order valence-electron chi connectivity index (χ3n) is 4.01. The molecular weight excluding hydrogens is 228 g/mol. The Morgan fingerprint density at radius 2 is 2.24 bits per heavy atom. The summed E-state index contributed by atoms with van der Waals surface area (Å²) in [6, 6.07) is 8.15. The van der Waals surface area contributed by atoms with E-state index >= 15 is 0 Å². The Hall–Kier alpha value is -0.850. The van der Waals surface area contributed by atoms with Crippen LogP contribution in [0.3, 0.4) is 0 Å². The maximum Gasteiger partial charge on any atom is 0.0672 e. The zero-order chi connectivity index (χ0) is 11.7. The molecule has 90 valence electrons. The second-order valence-corrected chi connectivity index (χ2v) is 6.25. The molecule has 17 heavy (non-hydrogen) atoms. The van der Waals surface area contributed by atoms with E-state index in [4.69, 9.17) is 0 Å². The summed E-state index contributed by atoms with van der Waals surface area (Å²) >= 11 is 1.84. The van der Waals surface area contributed by atoms with Gasteiger partial charge in [-0.15, -0.1) is 11.3 Å². The molecule has 1 heterocycles. The van der Waals surface area contributed by atoms with Gasteiger partial charge in [0.15, 0.2) is 0 Å². The van der Waals surface area contributed by atoms with Gasteiger partial charge in [0, 0.05) is 23.5 Å². The van der Waals surface area contributed by atoms with Crippen molar-refractivity contribution in [3.63, 3.8) is 0 Å². The van der Waals surface area contributed by atoms with E-state index in [1.165, 1.54) is 30.6 Å². The van der Waals surface area contributed by atoms with E-state index in [1.807, 2.05) is 11.3 Å². The SMILES string of the molecule is N#CC1CCCC1N(Cc1cccs1)C1CC1. The Morgan fingerprint density at radius 3 is 2.88 bits per heavy atom. The van der Waals surface area contributed by atoms with Crippen LogP contribution in [0.5, 0.6) is 0 Å². The summed E-state index contributed by atoms with van der Waals surface area (Å²) in [7, 11) is 0. The van der Waals surface area contributed by atoms with Gasteiger partial charge in [-0.1, -0.05) is 12.5 Å². The van der Waals surface area contributed by atoms with Crippen LogP contribution in [0.15, 0.2) is 17.5 Å². The monoisotopic (exact) mass is 246 g/mol. The van der Waals surface area contributed by atoms with Gasteiger partial charge >= 0.3 is 0 Å². The molecule has 0 N–H and O–H groups in total. The van der Waals surface area contributed by atoms with Crippen molar-refractivity contribution in [3.05, 3.63) is 22.4 Å². The van der Waals surface area contributed by atoms with E-state index in [2.05, 4.69) is 28.5 Å². The minimum Gasteiger partial charge on any atom is -0.291 e. The molecule has 2 nitrogen and oxygen atoms in total. The predicted octanol–water partition coefficient (Wildman–Crippen LogP) is 3.40. The number of thiophene rings is 1. The van der Waals surface area contributed by atoms with Crippen LogP contribution in [0.4, 0.5) is 0 Å². The van der Waals surface area contributed by atoms with Crippen LogP contribution in [0, 0.1) is 17.2 Å². The Labute approximate surface area is 107 Å². The van der Waals surface area contributed by atoms with Crippen molar-refractivity contribution in [2.24, 2.45) is 5.92 Å². The first kappa shape index (κ1) is 11.3. The molecule has 2 unspecified atom stereocenters. The summed E-state index contributed by atoms with van der Waals surface area (Å²) in [5, 5.41) is 11.4. The van der Waals surface area contributed by atoms with E-state index in [1.54, 1.807) is 0 Å². The van der Waals surface area contributed by atoms with Gasteiger partial charge in [-0.25, -0.2) is 0 Å². The predicted molar refractivity (Wildman–Crippen MR) is 69.6 cm³/mol. The zero-order valence-corrected chi connectivity index (χ0v) is 10.8. The molecule has 0 aliphatic heterocycles. The van der Waals surface area contributed by atoms with E-state index in [-0.39, 0.29) is 5.92 Å². The number of hydrogen-bond acceptors (Lipinski definition) is 3. The van der Waals surface area contributed by atoms with Crippen molar-refractivity contribution in [1.82, 2.24) is 4.90 Å². The Kier molecular flexibility index (Phi) is 3.17. The fourth-order valence-corrected chi connectivity index (χ4v) is 3.71. The third-order valence-corrected chi connectivity index (χ3v) is 4.87. The first-order valence-corrected chi connectivity index (χ1v) is 7.44. The lowest BCUT2D eigenvalue weighted by molar-refractivity contribution is 0.161. The van der Waals surface area contributed by atoms with Crippen molar-refractivity contribution < 1.29 is 0 Å². The maximum atomic E-state index is 9.24. The average molecular weight is 246 g/mol. The van der Waals surface area contributed by atoms with E-state index < -0.39 is 0 Å². The molecule has 2 aliphatic carbocycles. The van der Waals surface area contributed by atoms with Gasteiger partial charge in [0.2, 0.25) is 0 Å². The molecule has 0 bridgehead atoms. The average Bonchev–Trinajstić information content (AvgIpc) is 2.89. The van der Waals surface area contributed by atoms with Crippen LogP contribution in [-0.4, -0.2) is 17.0 Å². The molecule has 0 spiro atoms. The maximum absolute atomic E-state index is 9.24.